The summed E-state index contributed by atoms with van der Waals surface area (Å²) in [6.45, 7) is 14.6. The smallest absolute Gasteiger partial charge is 0.197 e. The predicted molar refractivity (Wildman–Crippen MR) is 274 cm³/mol. The molecule has 1 radical (unpaired) electrons. The molecule has 10 aliphatic carbocycles. The highest BCUT2D eigenvalue weighted by atomic mass is 15.2. The highest BCUT2D eigenvalue weighted by Crippen LogP contribution is 2.93. The summed E-state index contributed by atoms with van der Waals surface area (Å²) in [5, 5.41) is 5.56. The first-order valence-electron chi connectivity index (χ1n) is 26.4. The van der Waals surface area contributed by atoms with Crippen molar-refractivity contribution in [2.24, 2.45) is 46.3 Å². The number of nitrogens with one attached hydrogen (secondary N) is 1. The molecule has 6 aromatic carbocycles. The first-order valence-corrected chi connectivity index (χ1v) is 26.4. The molecular weight excluding hydrogens is 796 g/mol. The van der Waals surface area contributed by atoms with Crippen molar-refractivity contribution in [2.45, 2.75) is 134 Å². The zero-order valence-electron chi connectivity index (χ0n) is 39.9. The maximum atomic E-state index is 4.19. The first-order chi connectivity index (χ1) is 31.8. The van der Waals surface area contributed by atoms with Gasteiger partial charge in [0.05, 0.1) is 5.52 Å². The van der Waals surface area contributed by atoms with E-state index in [1.807, 2.05) is 0 Å². The van der Waals surface area contributed by atoms with Gasteiger partial charge >= 0.3 is 0 Å². The van der Waals surface area contributed by atoms with Gasteiger partial charge in [0.25, 0.3) is 0 Å². The number of nitrogens with zero attached hydrogens (tertiary/aromatic N) is 1. The van der Waals surface area contributed by atoms with Gasteiger partial charge in [-0.1, -0.05) is 81.7 Å². The third-order valence-electron chi connectivity index (χ3n) is 23.0. The van der Waals surface area contributed by atoms with Gasteiger partial charge in [0, 0.05) is 44.3 Å². The molecule has 2 nitrogen and oxygen atoms in total. The Hall–Kier alpha value is -4.76. The molecule has 1 aromatic heterocycles. The highest BCUT2D eigenvalue weighted by Gasteiger charge is 2.87. The van der Waals surface area contributed by atoms with Crippen molar-refractivity contribution < 1.29 is 0 Å². The summed E-state index contributed by atoms with van der Waals surface area (Å²) in [6.07, 6.45) is 15.7. The van der Waals surface area contributed by atoms with Crippen LogP contribution in [0.1, 0.15) is 132 Å². The number of anilines is 3. The number of H-pyrrole nitrogens is 1. The molecule has 2 heterocycles. The summed E-state index contributed by atoms with van der Waals surface area (Å²) < 4.78 is 0. The molecule has 7 aromatic rings. The Balaban J connectivity index is 0.908. The molecule has 0 saturated heterocycles. The lowest BCUT2D eigenvalue weighted by Crippen LogP contribution is -2.87. The van der Waals surface area contributed by atoms with Crippen LogP contribution < -0.4 is 15.8 Å². The molecular formula is C63H62BN2. The summed E-state index contributed by atoms with van der Waals surface area (Å²) in [5.41, 5.74) is 23.4. The SMILES string of the molecule is Cc1cc(-c2cc(C34CC5CC6CC(C3)C654)cc3c2[nH]c2ccc(C45CC6CC7CC6(C4)C7C5)cc23)c2c(c1)N(c1cc3c(cc1C)C(C)(C)CCC3(C)C)c1cc3ccccc3cc1[B]2. The monoisotopic (exact) mass is 858 g/mol. The van der Waals surface area contributed by atoms with Gasteiger partial charge < -0.3 is 9.88 Å². The number of aromatic nitrogens is 1. The summed E-state index contributed by atoms with van der Waals surface area (Å²) in [5.74, 6) is 5.94. The number of aromatic amines is 1. The summed E-state index contributed by atoms with van der Waals surface area (Å²) >= 11 is 0. The largest absolute Gasteiger partial charge is 0.354 e. The van der Waals surface area contributed by atoms with Crippen molar-refractivity contribution in [3.63, 3.8) is 0 Å². The third kappa shape index (κ3) is 4.00. The van der Waals surface area contributed by atoms with Gasteiger partial charge in [-0.3, -0.25) is 0 Å². The number of rotatable bonds is 4. The average Bonchev–Trinajstić information content (AvgIpc) is 4.02. The molecule has 7 unspecified atom stereocenters. The van der Waals surface area contributed by atoms with E-state index in [1.165, 1.54) is 165 Å². The lowest BCUT2D eigenvalue weighted by Gasteiger charge is -2.91. The molecule has 18 rings (SSSR count). The van der Waals surface area contributed by atoms with Crippen LogP contribution >= 0.6 is 0 Å². The molecule has 3 bridgehead atoms. The van der Waals surface area contributed by atoms with Crippen molar-refractivity contribution in [1.29, 1.82) is 0 Å². The second-order valence-electron chi connectivity index (χ2n) is 26.4. The van der Waals surface area contributed by atoms with Crippen LogP contribution in [-0.4, -0.2) is 12.3 Å². The minimum atomic E-state index is 0.111. The number of hydrogen-bond donors (Lipinski definition) is 1. The van der Waals surface area contributed by atoms with Gasteiger partial charge in [-0.2, -0.15) is 0 Å². The molecule has 9 fully saturated rings. The predicted octanol–water partition coefficient (Wildman–Crippen LogP) is 14.3. The van der Waals surface area contributed by atoms with Crippen LogP contribution in [0.5, 0.6) is 0 Å². The number of hydrogen-bond acceptors (Lipinski definition) is 1. The summed E-state index contributed by atoms with van der Waals surface area (Å²) in [4.78, 5) is 6.87. The fraction of sp³-hybridized carbons (Fsp3) is 0.460. The molecule has 66 heavy (non-hydrogen) atoms. The zero-order valence-corrected chi connectivity index (χ0v) is 39.9. The Bertz CT molecular complexity index is 3410. The van der Waals surface area contributed by atoms with E-state index in [1.54, 1.807) is 11.1 Å². The Morgan fingerprint density at radius 1 is 0.621 bits per heavy atom. The lowest BCUT2D eigenvalue weighted by atomic mass is 9.12. The summed E-state index contributed by atoms with van der Waals surface area (Å²) in [6, 6.07) is 37.5. The second kappa shape index (κ2) is 11.2. The van der Waals surface area contributed by atoms with Crippen LogP contribution in [0.2, 0.25) is 0 Å². The quantitative estimate of drug-likeness (QED) is 0.175. The standard InChI is InChI=1S/C63H62BN2/c1-33-15-45(56-55(16-33)66(54-20-36-10-8-7-9-35(36)19-51(54)64-56)53-26-49-48(17-34(53)2)58(3,4)13-14-59(49,5)6)47-25-39(62-29-42-21-40-22-43(30-62)63(40,42)62)24-46-44-23-38(11-12-52(44)65-57(46)47)60-28-41-18-37-27-61(41,32-60)50(37)31-60/h7-12,15-17,19-20,23-26,37,40-43,50,65H,13-14,18,21-22,27-32H2,1-6H3. The van der Waals surface area contributed by atoms with E-state index < -0.39 is 0 Å². The molecule has 7 atom stereocenters. The highest BCUT2D eigenvalue weighted by molar-refractivity contribution is 6.73. The number of aryl methyl sites for hydroxylation is 2. The van der Waals surface area contributed by atoms with Crippen LogP contribution in [-0.2, 0) is 21.7 Å². The normalized spacial score (nSPS) is 36.5. The minimum Gasteiger partial charge on any atom is -0.354 e. The minimum absolute atomic E-state index is 0.111. The van der Waals surface area contributed by atoms with E-state index in [4.69, 9.17) is 0 Å². The Morgan fingerprint density at radius 3 is 2.12 bits per heavy atom. The van der Waals surface area contributed by atoms with Gasteiger partial charge in [0.1, 0.15) is 0 Å². The molecule has 2 spiro atoms. The van der Waals surface area contributed by atoms with Crippen molar-refractivity contribution in [1.82, 2.24) is 4.98 Å². The van der Waals surface area contributed by atoms with E-state index in [0.29, 0.717) is 21.7 Å². The van der Waals surface area contributed by atoms with E-state index in [0.717, 1.165) is 35.5 Å². The number of fused-ring (bicyclic) bond motifs is 8. The molecule has 1 N–H and O–H groups in total. The molecule has 11 aliphatic rings. The molecule has 0 amide bonds. The van der Waals surface area contributed by atoms with Crippen molar-refractivity contribution in [3.8, 4) is 11.1 Å². The van der Waals surface area contributed by atoms with Crippen molar-refractivity contribution in [3.05, 3.63) is 124 Å². The fourth-order valence-corrected chi connectivity index (χ4v) is 20.1. The average molecular weight is 858 g/mol. The second-order valence-corrected chi connectivity index (χ2v) is 26.4. The van der Waals surface area contributed by atoms with E-state index in [9.17, 15) is 0 Å². The number of benzene rings is 6. The van der Waals surface area contributed by atoms with Crippen LogP contribution in [0.15, 0.2) is 91.0 Å². The van der Waals surface area contributed by atoms with Crippen LogP contribution in [0.4, 0.5) is 17.1 Å². The molecule has 327 valence electrons. The van der Waals surface area contributed by atoms with E-state index in [-0.39, 0.29) is 10.8 Å². The lowest BCUT2D eigenvalue weighted by molar-refractivity contribution is -0.395. The zero-order chi connectivity index (χ0) is 43.8. The van der Waals surface area contributed by atoms with Crippen LogP contribution in [0.3, 0.4) is 0 Å². The van der Waals surface area contributed by atoms with Crippen LogP contribution in [0, 0.1) is 60.2 Å². The molecule has 9 saturated carbocycles. The van der Waals surface area contributed by atoms with Gasteiger partial charge in [0.15, 0.2) is 7.28 Å². The maximum Gasteiger partial charge on any atom is 0.197 e. The Kier molecular flexibility index (Phi) is 6.34. The molecule has 3 heteroatoms. The van der Waals surface area contributed by atoms with Gasteiger partial charge in [0.2, 0.25) is 0 Å². The Labute approximate surface area is 391 Å². The van der Waals surface area contributed by atoms with E-state index in [2.05, 4.69) is 150 Å². The summed E-state index contributed by atoms with van der Waals surface area (Å²) in [7, 11) is 2.57. The van der Waals surface area contributed by atoms with Crippen LogP contribution in [0.25, 0.3) is 43.7 Å². The maximum absolute atomic E-state index is 4.19. The van der Waals surface area contributed by atoms with Crippen molar-refractivity contribution >= 4 is 67.8 Å². The topological polar surface area (TPSA) is 19.0 Å². The van der Waals surface area contributed by atoms with Gasteiger partial charge in [-0.25, -0.2) is 0 Å². The fourth-order valence-electron chi connectivity index (χ4n) is 20.1. The van der Waals surface area contributed by atoms with Crippen molar-refractivity contribution in [2.75, 3.05) is 4.90 Å². The first kappa shape index (κ1) is 37.3. The van der Waals surface area contributed by atoms with Gasteiger partial charge in [-0.15, -0.1) is 0 Å². The van der Waals surface area contributed by atoms with E-state index >= 15 is 0 Å². The Morgan fingerprint density at radius 2 is 1.38 bits per heavy atom. The molecule has 1 aliphatic heterocycles. The van der Waals surface area contributed by atoms with Gasteiger partial charge in [-0.05, 0) is 245 Å². The third-order valence-corrected chi connectivity index (χ3v) is 23.0.